The van der Waals surface area contributed by atoms with Crippen LogP contribution in [0.4, 0.5) is 5.69 Å². The van der Waals surface area contributed by atoms with Crippen molar-refractivity contribution in [1.29, 1.82) is 0 Å². The van der Waals surface area contributed by atoms with E-state index in [0.29, 0.717) is 23.7 Å². The minimum Gasteiger partial charge on any atom is -0.437 e. The molecule has 6 nitrogen and oxygen atoms in total. The van der Waals surface area contributed by atoms with Gasteiger partial charge in [0.2, 0.25) is 11.8 Å². The van der Waals surface area contributed by atoms with E-state index >= 15 is 0 Å². The maximum Gasteiger partial charge on any atom is 0.244 e. The van der Waals surface area contributed by atoms with Gasteiger partial charge in [-0.15, -0.1) is 29.9 Å². The van der Waals surface area contributed by atoms with E-state index in [1.54, 1.807) is 49.5 Å². The molecule has 1 atom stereocenters. The molecule has 3 N–H and O–H groups in total. The summed E-state index contributed by atoms with van der Waals surface area (Å²) in [5.74, 6) is 0.735. The van der Waals surface area contributed by atoms with E-state index in [4.69, 9.17) is 10.5 Å². The Bertz CT molecular complexity index is 639. The van der Waals surface area contributed by atoms with E-state index in [0.717, 1.165) is 6.42 Å². The maximum atomic E-state index is 12.2. The fourth-order valence-corrected chi connectivity index (χ4v) is 2.01. The first-order chi connectivity index (χ1) is 10.5. The number of aromatic nitrogens is 2. The Morgan fingerprint density at radius 3 is 2.67 bits per heavy atom. The number of carbonyl (C=O) groups excluding carboxylic acids is 1. The van der Waals surface area contributed by atoms with Gasteiger partial charge in [-0.25, -0.2) is 0 Å². The molecule has 0 radical (unpaired) electrons. The number of nitrogens with zero attached hydrogens (tertiary/aromatic N) is 2. The molecular weight excluding hydrogens is 351 g/mol. The number of nitrogens with two attached hydrogens (primary N) is 1. The molecule has 24 heavy (non-hydrogen) atoms. The highest BCUT2D eigenvalue weighted by atomic mass is 35.5. The van der Waals surface area contributed by atoms with Crippen LogP contribution in [0.15, 0.2) is 42.6 Å². The molecule has 1 amide bonds. The highest BCUT2D eigenvalue weighted by Gasteiger charge is 2.27. The third kappa shape index (κ3) is 6.31. The van der Waals surface area contributed by atoms with E-state index in [1.807, 2.05) is 6.92 Å². The Labute approximate surface area is 154 Å². The molecule has 0 saturated carbocycles. The van der Waals surface area contributed by atoms with E-state index in [-0.39, 0.29) is 30.7 Å². The van der Waals surface area contributed by atoms with Gasteiger partial charge in [-0.05, 0) is 31.5 Å². The van der Waals surface area contributed by atoms with Crippen LogP contribution in [-0.2, 0) is 4.79 Å². The van der Waals surface area contributed by atoms with E-state index in [9.17, 15) is 4.79 Å². The molecule has 1 unspecified atom stereocenters. The minimum atomic E-state index is -0.892. The highest BCUT2D eigenvalue weighted by molar-refractivity contribution is 5.97. The van der Waals surface area contributed by atoms with Crippen molar-refractivity contribution in [3.8, 4) is 11.6 Å². The van der Waals surface area contributed by atoms with Crippen molar-refractivity contribution in [2.24, 2.45) is 5.73 Å². The summed E-state index contributed by atoms with van der Waals surface area (Å²) >= 11 is 0. The molecule has 0 saturated heterocycles. The number of anilines is 1. The molecule has 0 bridgehead atoms. The third-order valence-corrected chi connectivity index (χ3v) is 3.15. The van der Waals surface area contributed by atoms with Gasteiger partial charge in [0.05, 0.1) is 5.54 Å². The monoisotopic (exact) mass is 372 g/mol. The van der Waals surface area contributed by atoms with Crippen molar-refractivity contribution in [2.45, 2.75) is 32.2 Å². The lowest BCUT2D eigenvalue weighted by atomic mass is 9.96. The van der Waals surface area contributed by atoms with Crippen molar-refractivity contribution >= 4 is 36.4 Å². The van der Waals surface area contributed by atoms with Crippen LogP contribution in [0, 0.1) is 0 Å². The van der Waals surface area contributed by atoms with Crippen molar-refractivity contribution in [3.05, 3.63) is 42.6 Å². The fraction of sp³-hybridized carbons (Fsp3) is 0.312. The average Bonchev–Trinajstić information content (AvgIpc) is 2.48. The van der Waals surface area contributed by atoms with Crippen LogP contribution >= 0.6 is 24.8 Å². The zero-order chi connectivity index (χ0) is 16.0. The standard InChI is InChI=1S/C16H20N4O2.2ClH/c1-3-9-16(2,17)15(21)19-12-6-4-7-13(11-12)22-14-8-5-10-18-20-14;;/h4-8,10-11H,3,9,17H2,1-2H3,(H,19,21);2*1H. The maximum absolute atomic E-state index is 12.2. The van der Waals surface area contributed by atoms with Gasteiger partial charge in [-0.3, -0.25) is 4.79 Å². The van der Waals surface area contributed by atoms with Gasteiger partial charge in [-0.2, -0.15) is 5.10 Å². The van der Waals surface area contributed by atoms with Crippen LogP contribution in [-0.4, -0.2) is 21.6 Å². The van der Waals surface area contributed by atoms with Gasteiger partial charge in [0, 0.05) is 24.0 Å². The van der Waals surface area contributed by atoms with E-state index in [1.165, 1.54) is 0 Å². The molecule has 132 valence electrons. The summed E-state index contributed by atoms with van der Waals surface area (Å²) in [6, 6.07) is 10.5. The zero-order valence-corrected chi connectivity index (χ0v) is 15.2. The zero-order valence-electron chi connectivity index (χ0n) is 13.6. The number of rotatable bonds is 6. The molecule has 0 spiro atoms. The second kappa shape index (κ2) is 10.1. The largest absolute Gasteiger partial charge is 0.437 e. The predicted molar refractivity (Wildman–Crippen MR) is 99.2 cm³/mol. The number of ether oxygens (including phenoxy) is 1. The lowest BCUT2D eigenvalue weighted by Gasteiger charge is -2.22. The van der Waals surface area contributed by atoms with Gasteiger partial charge in [0.25, 0.3) is 0 Å². The first-order valence-electron chi connectivity index (χ1n) is 7.17. The molecule has 1 heterocycles. The fourth-order valence-electron chi connectivity index (χ4n) is 2.01. The van der Waals surface area contributed by atoms with E-state index in [2.05, 4.69) is 15.5 Å². The summed E-state index contributed by atoms with van der Waals surface area (Å²) in [4.78, 5) is 12.2. The molecule has 1 aromatic carbocycles. The summed E-state index contributed by atoms with van der Waals surface area (Å²) < 4.78 is 5.58. The van der Waals surface area contributed by atoms with Gasteiger partial charge in [0.1, 0.15) is 5.75 Å². The smallest absolute Gasteiger partial charge is 0.244 e. The predicted octanol–water partition coefficient (Wildman–Crippen LogP) is 3.57. The van der Waals surface area contributed by atoms with Crippen LogP contribution in [0.2, 0.25) is 0 Å². The van der Waals surface area contributed by atoms with Gasteiger partial charge >= 0.3 is 0 Å². The van der Waals surface area contributed by atoms with Gasteiger partial charge < -0.3 is 15.8 Å². The summed E-state index contributed by atoms with van der Waals surface area (Å²) in [5.41, 5.74) is 5.75. The van der Waals surface area contributed by atoms with Crippen LogP contribution in [0.3, 0.4) is 0 Å². The summed E-state index contributed by atoms with van der Waals surface area (Å²) in [6.45, 7) is 3.72. The van der Waals surface area contributed by atoms with Crippen LogP contribution < -0.4 is 15.8 Å². The molecule has 2 rings (SSSR count). The first-order valence-corrected chi connectivity index (χ1v) is 7.17. The first kappa shape index (κ1) is 22.1. The van der Waals surface area contributed by atoms with Gasteiger partial charge in [-0.1, -0.05) is 19.4 Å². The molecule has 8 heteroatoms. The minimum absolute atomic E-state index is 0. The molecule has 0 fully saturated rings. The third-order valence-electron chi connectivity index (χ3n) is 3.15. The number of amides is 1. The summed E-state index contributed by atoms with van der Waals surface area (Å²) in [5, 5.41) is 10.4. The molecule has 0 aliphatic rings. The average molecular weight is 373 g/mol. The number of hydrogen-bond acceptors (Lipinski definition) is 5. The molecular formula is C16H22Cl2N4O2. The van der Waals surface area contributed by atoms with Crippen LogP contribution in [0.25, 0.3) is 0 Å². The number of benzene rings is 1. The number of carbonyl (C=O) groups is 1. The Kier molecular flexibility index (Phi) is 9.28. The van der Waals surface area contributed by atoms with Crippen LogP contribution in [0.1, 0.15) is 26.7 Å². The second-order valence-corrected chi connectivity index (χ2v) is 5.31. The molecule has 2 aromatic rings. The second-order valence-electron chi connectivity index (χ2n) is 5.31. The molecule has 0 aliphatic carbocycles. The lowest BCUT2D eigenvalue weighted by molar-refractivity contribution is -0.120. The van der Waals surface area contributed by atoms with Gasteiger partial charge in [0.15, 0.2) is 0 Å². The van der Waals surface area contributed by atoms with Crippen LogP contribution in [0.5, 0.6) is 11.6 Å². The summed E-state index contributed by atoms with van der Waals surface area (Å²) in [7, 11) is 0. The normalized spacial score (nSPS) is 12.1. The van der Waals surface area contributed by atoms with Crippen molar-refractivity contribution in [2.75, 3.05) is 5.32 Å². The van der Waals surface area contributed by atoms with E-state index < -0.39 is 5.54 Å². The lowest BCUT2D eigenvalue weighted by Crippen LogP contribution is -2.48. The Morgan fingerprint density at radius 2 is 2.04 bits per heavy atom. The Morgan fingerprint density at radius 1 is 1.29 bits per heavy atom. The number of halogens is 2. The SMILES string of the molecule is CCCC(C)(N)C(=O)Nc1cccc(Oc2cccnn2)c1.Cl.Cl. The molecule has 1 aromatic heterocycles. The number of nitrogens with one attached hydrogen (secondary N) is 1. The van der Waals surface area contributed by atoms with Crippen molar-refractivity contribution in [1.82, 2.24) is 10.2 Å². The number of hydrogen-bond donors (Lipinski definition) is 2. The summed E-state index contributed by atoms with van der Waals surface area (Å²) in [6.07, 6.45) is 3.03. The molecule has 0 aliphatic heterocycles. The highest BCUT2D eigenvalue weighted by Crippen LogP contribution is 2.23. The van der Waals surface area contributed by atoms with Crippen molar-refractivity contribution < 1.29 is 9.53 Å². The topological polar surface area (TPSA) is 90.1 Å². The Hall–Kier alpha value is -1.89. The quantitative estimate of drug-likeness (QED) is 0.808. The van der Waals surface area contributed by atoms with Crippen molar-refractivity contribution in [3.63, 3.8) is 0 Å². The Balaban J connectivity index is 0.00000264.